The molecule has 1 atom stereocenters. The van der Waals surface area contributed by atoms with Crippen molar-refractivity contribution in [2.24, 2.45) is 5.92 Å². The molecule has 6 heteroatoms. The molecule has 32 heavy (non-hydrogen) atoms. The van der Waals surface area contributed by atoms with Gasteiger partial charge in [-0.2, -0.15) is 0 Å². The molecule has 0 fully saturated rings. The van der Waals surface area contributed by atoms with Gasteiger partial charge < -0.3 is 10.2 Å². The predicted molar refractivity (Wildman–Crippen MR) is 135 cm³/mol. The smallest absolute Gasteiger partial charge is 0.242 e. The summed E-state index contributed by atoms with van der Waals surface area (Å²) in [4.78, 5) is 29.1. The summed E-state index contributed by atoms with van der Waals surface area (Å²) in [6.45, 7) is 9.19. The number of carbonyl (C=O) groups excluding carboxylic acids is 2. The van der Waals surface area contributed by atoms with Crippen LogP contribution in [0.2, 0.25) is 5.02 Å². The van der Waals surface area contributed by atoms with Gasteiger partial charge in [0.15, 0.2) is 0 Å². The molecule has 2 amide bonds. The molecule has 1 N–H and O–H groups in total. The molecular weight excluding hydrogens is 440 g/mol. The van der Waals surface area contributed by atoms with E-state index >= 15 is 0 Å². The predicted octanol–water partition coefficient (Wildman–Crippen LogP) is 6.10. The zero-order valence-electron chi connectivity index (χ0n) is 19.6. The van der Waals surface area contributed by atoms with Crippen LogP contribution in [0.15, 0.2) is 53.4 Å². The second-order valence-corrected chi connectivity index (χ2v) is 10.1. The maximum Gasteiger partial charge on any atom is 0.242 e. The van der Waals surface area contributed by atoms with Gasteiger partial charge in [0.2, 0.25) is 11.8 Å². The number of hydrogen-bond acceptors (Lipinski definition) is 3. The fourth-order valence-electron chi connectivity index (χ4n) is 3.44. The first-order chi connectivity index (χ1) is 15.3. The number of rotatable bonds is 12. The molecule has 0 heterocycles. The highest BCUT2D eigenvalue weighted by Gasteiger charge is 2.28. The molecule has 2 rings (SSSR count). The van der Waals surface area contributed by atoms with Crippen LogP contribution in [-0.2, 0) is 16.1 Å². The molecule has 174 valence electrons. The van der Waals surface area contributed by atoms with Gasteiger partial charge in [-0.1, -0.05) is 62.2 Å². The van der Waals surface area contributed by atoms with Gasteiger partial charge in [0.1, 0.15) is 6.04 Å². The van der Waals surface area contributed by atoms with Gasteiger partial charge in [-0.25, -0.2) is 0 Å². The number of hydrogen-bond donors (Lipinski definition) is 1. The van der Waals surface area contributed by atoms with Crippen LogP contribution in [0, 0.1) is 12.8 Å². The van der Waals surface area contributed by atoms with Crippen molar-refractivity contribution in [2.45, 2.75) is 64.4 Å². The highest BCUT2D eigenvalue weighted by atomic mass is 35.5. The first-order valence-electron chi connectivity index (χ1n) is 11.3. The third-order valence-corrected chi connectivity index (χ3v) is 6.47. The second-order valence-electron chi connectivity index (χ2n) is 8.48. The van der Waals surface area contributed by atoms with Crippen molar-refractivity contribution < 1.29 is 9.59 Å². The topological polar surface area (TPSA) is 49.4 Å². The lowest BCUT2D eigenvalue weighted by Gasteiger charge is -2.31. The average molecular weight is 475 g/mol. The SMILES string of the molecule is CCC(C(=O)NCC(C)C)N(Cc1cccc(C)c1)C(=O)CCCSc1ccc(Cl)cc1. The lowest BCUT2D eigenvalue weighted by molar-refractivity contribution is -0.141. The number of thioether (sulfide) groups is 1. The third-order valence-electron chi connectivity index (χ3n) is 5.12. The van der Waals surface area contributed by atoms with E-state index in [9.17, 15) is 9.59 Å². The Bertz CT molecular complexity index is 870. The minimum atomic E-state index is -0.467. The highest BCUT2D eigenvalue weighted by Crippen LogP contribution is 2.22. The lowest BCUT2D eigenvalue weighted by Crippen LogP contribution is -2.49. The van der Waals surface area contributed by atoms with E-state index in [1.807, 2.05) is 56.3 Å². The molecular formula is C26H35ClN2O2S. The van der Waals surface area contributed by atoms with E-state index in [4.69, 9.17) is 11.6 Å². The number of benzene rings is 2. The number of amides is 2. The number of halogens is 1. The lowest BCUT2D eigenvalue weighted by atomic mass is 10.1. The summed E-state index contributed by atoms with van der Waals surface area (Å²) >= 11 is 7.65. The van der Waals surface area contributed by atoms with E-state index in [0.717, 1.165) is 33.2 Å². The number of nitrogens with one attached hydrogen (secondary N) is 1. The van der Waals surface area contributed by atoms with E-state index in [-0.39, 0.29) is 11.8 Å². The Labute approximate surface area is 202 Å². The Morgan fingerprint density at radius 2 is 1.84 bits per heavy atom. The minimum Gasteiger partial charge on any atom is -0.354 e. The quantitative estimate of drug-likeness (QED) is 0.298. The molecule has 0 bridgehead atoms. The Kier molecular flexibility index (Phi) is 11.1. The molecule has 0 aromatic heterocycles. The molecule has 0 aliphatic carbocycles. The summed E-state index contributed by atoms with van der Waals surface area (Å²) in [5.41, 5.74) is 2.19. The fourth-order valence-corrected chi connectivity index (χ4v) is 4.42. The molecule has 0 aliphatic heterocycles. The average Bonchev–Trinajstić information content (AvgIpc) is 2.76. The van der Waals surface area contributed by atoms with Gasteiger partial charge in [0, 0.05) is 29.4 Å². The van der Waals surface area contributed by atoms with Crippen LogP contribution in [0.4, 0.5) is 0 Å². The van der Waals surface area contributed by atoms with Gasteiger partial charge in [-0.3, -0.25) is 9.59 Å². The van der Waals surface area contributed by atoms with Gasteiger partial charge >= 0.3 is 0 Å². The van der Waals surface area contributed by atoms with Crippen LogP contribution >= 0.6 is 23.4 Å². The van der Waals surface area contributed by atoms with E-state index < -0.39 is 6.04 Å². The summed E-state index contributed by atoms with van der Waals surface area (Å²) in [6.07, 6.45) is 1.75. The summed E-state index contributed by atoms with van der Waals surface area (Å²) in [6, 6.07) is 15.4. The normalized spacial score (nSPS) is 11.9. The highest BCUT2D eigenvalue weighted by molar-refractivity contribution is 7.99. The van der Waals surface area contributed by atoms with E-state index in [1.54, 1.807) is 16.7 Å². The van der Waals surface area contributed by atoms with Crippen molar-refractivity contribution in [3.63, 3.8) is 0 Å². The molecule has 2 aromatic rings. The number of nitrogens with zero attached hydrogens (tertiary/aromatic N) is 1. The van der Waals surface area contributed by atoms with Crippen LogP contribution in [0.25, 0.3) is 0 Å². The van der Waals surface area contributed by atoms with Crippen molar-refractivity contribution >= 4 is 35.2 Å². The zero-order chi connectivity index (χ0) is 23.5. The summed E-state index contributed by atoms with van der Waals surface area (Å²) in [5, 5.41) is 3.73. The van der Waals surface area contributed by atoms with Crippen molar-refractivity contribution in [1.82, 2.24) is 10.2 Å². The molecule has 1 unspecified atom stereocenters. The van der Waals surface area contributed by atoms with E-state index in [0.29, 0.717) is 31.8 Å². The zero-order valence-corrected chi connectivity index (χ0v) is 21.1. The monoisotopic (exact) mass is 474 g/mol. The molecule has 4 nitrogen and oxygen atoms in total. The van der Waals surface area contributed by atoms with Crippen LogP contribution in [0.3, 0.4) is 0 Å². The van der Waals surface area contributed by atoms with E-state index in [1.165, 1.54) is 0 Å². The Morgan fingerprint density at radius 1 is 1.12 bits per heavy atom. The molecule has 0 saturated heterocycles. The largest absolute Gasteiger partial charge is 0.354 e. The standard InChI is InChI=1S/C26H35ClN2O2S/c1-5-24(26(31)28-17-19(2)3)29(18-21-9-6-8-20(4)16-21)25(30)10-7-15-32-23-13-11-22(27)12-14-23/h6,8-9,11-14,16,19,24H,5,7,10,15,17-18H2,1-4H3,(H,28,31). The van der Waals surface area contributed by atoms with Crippen LogP contribution in [-0.4, -0.2) is 35.1 Å². The van der Waals surface area contributed by atoms with Gasteiger partial charge in [-0.05, 0) is 61.3 Å². The first-order valence-corrected chi connectivity index (χ1v) is 12.7. The van der Waals surface area contributed by atoms with Gasteiger partial charge in [0.05, 0.1) is 0 Å². The summed E-state index contributed by atoms with van der Waals surface area (Å²) < 4.78 is 0. The van der Waals surface area contributed by atoms with Crippen LogP contribution in [0.1, 0.15) is 51.2 Å². The fraction of sp³-hybridized carbons (Fsp3) is 0.462. The maximum atomic E-state index is 13.3. The Morgan fingerprint density at radius 3 is 2.47 bits per heavy atom. The van der Waals surface area contributed by atoms with Gasteiger partial charge in [-0.15, -0.1) is 11.8 Å². The maximum absolute atomic E-state index is 13.3. The first kappa shape index (κ1) is 26.3. The number of carbonyl (C=O) groups is 2. The minimum absolute atomic E-state index is 0.0229. The molecule has 0 aliphatic rings. The second kappa shape index (κ2) is 13.5. The van der Waals surface area contributed by atoms with Crippen LogP contribution < -0.4 is 5.32 Å². The molecule has 0 saturated carbocycles. The van der Waals surface area contributed by atoms with Crippen molar-refractivity contribution in [1.29, 1.82) is 0 Å². The number of aryl methyl sites for hydroxylation is 1. The van der Waals surface area contributed by atoms with Crippen LogP contribution in [0.5, 0.6) is 0 Å². The molecule has 2 aromatic carbocycles. The van der Waals surface area contributed by atoms with E-state index in [2.05, 4.69) is 25.2 Å². The Hall–Kier alpha value is -1.98. The molecule has 0 radical (unpaired) electrons. The summed E-state index contributed by atoms with van der Waals surface area (Å²) in [5.74, 6) is 1.15. The summed E-state index contributed by atoms with van der Waals surface area (Å²) in [7, 11) is 0. The Balaban J connectivity index is 2.04. The van der Waals surface area contributed by atoms with Gasteiger partial charge in [0.25, 0.3) is 0 Å². The van der Waals surface area contributed by atoms with Crippen molar-refractivity contribution in [3.8, 4) is 0 Å². The third kappa shape index (κ3) is 8.87. The molecule has 0 spiro atoms. The van der Waals surface area contributed by atoms with Crippen molar-refractivity contribution in [2.75, 3.05) is 12.3 Å². The van der Waals surface area contributed by atoms with Crippen molar-refractivity contribution in [3.05, 3.63) is 64.7 Å².